The number of rotatable bonds is 5. The molecule has 0 aromatic rings. The molecule has 14 heavy (non-hydrogen) atoms. The summed E-state index contributed by atoms with van der Waals surface area (Å²) in [6, 6.07) is 1.17. The van der Waals surface area contributed by atoms with Crippen LogP contribution >= 0.6 is 11.8 Å². The molecule has 5 heteroatoms. The average molecular weight is 216 g/mol. The molecule has 0 aliphatic carbocycles. The lowest BCUT2D eigenvalue weighted by atomic mass is 10.1. The van der Waals surface area contributed by atoms with E-state index in [9.17, 15) is 4.79 Å². The van der Waals surface area contributed by atoms with E-state index in [4.69, 9.17) is 16.1 Å². The van der Waals surface area contributed by atoms with Crippen molar-refractivity contribution in [1.82, 2.24) is 0 Å². The van der Waals surface area contributed by atoms with Gasteiger partial charge in [-0.1, -0.05) is 6.92 Å². The topological polar surface area (TPSA) is 87.1 Å². The van der Waals surface area contributed by atoms with Crippen LogP contribution in [0.25, 0.3) is 0 Å². The lowest BCUT2D eigenvalue weighted by molar-refractivity contribution is -0.139. The fourth-order valence-electron chi connectivity index (χ4n) is 0.938. The Morgan fingerprint density at radius 2 is 2.21 bits per heavy atom. The van der Waals surface area contributed by atoms with Gasteiger partial charge in [0.2, 0.25) is 0 Å². The first kappa shape index (κ1) is 13.3. The van der Waals surface area contributed by atoms with E-state index >= 15 is 0 Å². The zero-order chi connectivity index (χ0) is 11.4. The van der Waals surface area contributed by atoms with Crippen LogP contribution in [0.5, 0.6) is 0 Å². The largest absolute Gasteiger partial charge is 0.480 e. The summed E-state index contributed by atoms with van der Waals surface area (Å²) >= 11 is 1.32. The number of nitriles is 1. The molecule has 0 bridgehead atoms. The molecule has 0 rings (SSSR count). The normalized spacial score (nSPS) is 15.6. The summed E-state index contributed by atoms with van der Waals surface area (Å²) in [5, 5.41) is 17.3. The highest BCUT2D eigenvalue weighted by Crippen LogP contribution is 2.32. The van der Waals surface area contributed by atoms with Gasteiger partial charge in [0.25, 0.3) is 0 Å². The van der Waals surface area contributed by atoms with Crippen LogP contribution in [0.4, 0.5) is 0 Å². The van der Waals surface area contributed by atoms with Crippen molar-refractivity contribution in [1.29, 1.82) is 5.26 Å². The monoisotopic (exact) mass is 216 g/mol. The third-order valence-corrected chi connectivity index (χ3v) is 3.56. The second kappa shape index (κ2) is 5.23. The Morgan fingerprint density at radius 1 is 1.71 bits per heavy atom. The maximum absolute atomic E-state index is 10.7. The number of nitrogens with zero attached hydrogens (tertiary/aromatic N) is 1. The summed E-state index contributed by atoms with van der Waals surface area (Å²) in [7, 11) is 0. The predicted molar refractivity (Wildman–Crippen MR) is 57.0 cm³/mol. The van der Waals surface area contributed by atoms with Gasteiger partial charge in [-0.3, -0.25) is 4.79 Å². The van der Waals surface area contributed by atoms with Crippen LogP contribution in [0.3, 0.4) is 0 Å². The molecule has 0 saturated heterocycles. The number of hydrogen-bond acceptors (Lipinski definition) is 4. The Balaban J connectivity index is 4.48. The number of carbonyl (C=O) groups is 1. The molecule has 0 saturated carbocycles. The lowest BCUT2D eigenvalue weighted by Crippen LogP contribution is -2.47. The van der Waals surface area contributed by atoms with E-state index in [2.05, 4.69) is 6.07 Å². The number of hydrogen-bond donors (Lipinski definition) is 2. The molecule has 3 N–H and O–H groups in total. The zero-order valence-corrected chi connectivity index (χ0v) is 9.47. The van der Waals surface area contributed by atoms with Gasteiger partial charge in [0.15, 0.2) is 0 Å². The van der Waals surface area contributed by atoms with Crippen LogP contribution in [0.1, 0.15) is 27.2 Å². The number of aliphatic carboxylic acids is 1. The molecule has 0 fully saturated rings. The van der Waals surface area contributed by atoms with Crippen molar-refractivity contribution in [2.75, 3.05) is 0 Å². The third kappa shape index (κ3) is 3.56. The van der Waals surface area contributed by atoms with Crippen molar-refractivity contribution in [3.8, 4) is 6.07 Å². The van der Waals surface area contributed by atoms with E-state index in [1.165, 1.54) is 11.8 Å². The van der Waals surface area contributed by atoms with Gasteiger partial charge in [-0.2, -0.15) is 5.26 Å². The number of thioether (sulfide) groups is 1. The van der Waals surface area contributed by atoms with Gasteiger partial charge in [-0.05, 0) is 20.3 Å². The molecule has 4 nitrogen and oxygen atoms in total. The first-order valence-corrected chi connectivity index (χ1v) is 5.29. The highest BCUT2D eigenvalue weighted by Gasteiger charge is 2.34. The summed E-state index contributed by atoms with van der Waals surface area (Å²) in [5.41, 5.74) is 5.52. The van der Waals surface area contributed by atoms with Gasteiger partial charge in [0.1, 0.15) is 6.04 Å². The molecule has 0 spiro atoms. The smallest absolute Gasteiger partial charge is 0.321 e. The Morgan fingerprint density at radius 3 is 2.50 bits per heavy atom. The maximum atomic E-state index is 10.7. The fraction of sp³-hybridized carbons (Fsp3) is 0.778. The highest BCUT2D eigenvalue weighted by molar-refractivity contribution is 8.01. The Hall–Kier alpha value is -0.730. The summed E-state index contributed by atoms with van der Waals surface area (Å²) in [6.45, 7) is 5.39. The molecule has 80 valence electrons. The van der Waals surface area contributed by atoms with Crippen LogP contribution in [0, 0.1) is 11.3 Å². The first-order valence-electron chi connectivity index (χ1n) is 4.41. The molecule has 0 aliphatic heterocycles. The van der Waals surface area contributed by atoms with Crippen molar-refractivity contribution in [3.05, 3.63) is 0 Å². The molecule has 0 amide bonds. The van der Waals surface area contributed by atoms with Gasteiger partial charge in [-0.25, -0.2) is 0 Å². The molecule has 0 radical (unpaired) electrons. The second-order valence-corrected chi connectivity index (χ2v) is 5.42. The summed E-state index contributed by atoms with van der Waals surface area (Å²) < 4.78 is -0.623. The van der Waals surface area contributed by atoms with Crippen LogP contribution in [-0.2, 0) is 4.79 Å². The number of carboxylic acids is 1. The van der Waals surface area contributed by atoms with Gasteiger partial charge in [0.05, 0.1) is 11.3 Å². The van der Waals surface area contributed by atoms with Crippen molar-refractivity contribution in [2.45, 2.75) is 43.2 Å². The molecule has 1 unspecified atom stereocenters. The van der Waals surface area contributed by atoms with Gasteiger partial charge in [-0.15, -0.1) is 11.8 Å². The zero-order valence-electron chi connectivity index (χ0n) is 8.65. The van der Waals surface area contributed by atoms with Crippen molar-refractivity contribution >= 4 is 17.7 Å². The van der Waals surface area contributed by atoms with Gasteiger partial charge in [0, 0.05) is 4.75 Å². The number of nitrogens with two attached hydrogens (primary N) is 1. The Bertz CT molecular complexity index is 248. The van der Waals surface area contributed by atoms with E-state index in [0.717, 1.165) is 0 Å². The van der Waals surface area contributed by atoms with Crippen LogP contribution in [0.15, 0.2) is 0 Å². The maximum Gasteiger partial charge on any atom is 0.321 e. The van der Waals surface area contributed by atoms with Gasteiger partial charge < -0.3 is 10.8 Å². The molecule has 0 aromatic carbocycles. The highest BCUT2D eigenvalue weighted by atomic mass is 32.2. The van der Waals surface area contributed by atoms with Crippen molar-refractivity contribution in [2.24, 2.45) is 5.73 Å². The van der Waals surface area contributed by atoms with Crippen LogP contribution in [-0.4, -0.2) is 27.1 Å². The van der Waals surface area contributed by atoms with Crippen LogP contribution < -0.4 is 5.73 Å². The first-order chi connectivity index (χ1) is 6.35. The van der Waals surface area contributed by atoms with E-state index in [1.54, 1.807) is 13.8 Å². The van der Waals surface area contributed by atoms with Crippen LogP contribution in [0.2, 0.25) is 0 Å². The average Bonchev–Trinajstić information content (AvgIpc) is 2.12. The molecular formula is C9H16N2O2S. The summed E-state index contributed by atoms with van der Waals surface area (Å²) in [5.74, 6) is -1.03. The van der Waals surface area contributed by atoms with E-state index in [-0.39, 0.29) is 5.25 Å². The second-order valence-electron chi connectivity index (χ2n) is 3.56. The molecule has 0 heterocycles. The predicted octanol–water partition coefficient (Wildman–Crippen LogP) is 1.21. The minimum absolute atomic E-state index is 0.199. The van der Waals surface area contributed by atoms with E-state index in [1.807, 2.05) is 6.92 Å². The Kier molecular flexibility index (Phi) is 4.95. The summed E-state index contributed by atoms with van der Waals surface area (Å²) in [6.07, 6.45) is 0.691. The van der Waals surface area contributed by atoms with Crippen molar-refractivity contribution in [3.63, 3.8) is 0 Å². The molecule has 0 aromatic heterocycles. The standard InChI is InChI=1S/C9H16N2O2S/c1-4-6(5-10)14-9(2,3)7(11)8(12)13/h6-7H,4,11H2,1-3H3,(H,12,13)/t6?,7-/m0/s1. The van der Waals surface area contributed by atoms with E-state index < -0.39 is 16.8 Å². The summed E-state index contributed by atoms with van der Waals surface area (Å²) in [4.78, 5) is 10.7. The SMILES string of the molecule is CCC(C#N)SC(C)(C)[C@@H](N)C(=O)O. The fourth-order valence-corrected chi connectivity index (χ4v) is 2.14. The molecular weight excluding hydrogens is 200 g/mol. The number of carboxylic acid groups (broad SMARTS) is 1. The minimum Gasteiger partial charge on any atom is -0.480 e. The van der Waals surface area contributed by atoms with E-state index in [0.29, 0.717) is 6.42 Å². The molecule has 0 aliphatic rings. The Labute approximate surface area is 88.5 Å². The molecule has 2 atom stereocenters. The quantitative estimate of drug-likeness (QED) is 0.721. The van der Waals surface area contributed by atoms with Gasteiger partial charge >= 0.3 is 5.97 Å². The third-order valence-electron chi connectivity index (χ3n) is 1.98. The minimum atomic E-state index is -1.03. The lowest BCUT2D eigenvalue weighted by Gasteiger charge is -2.29. The van der Waals surface area contributed by atoms with Crippen molar-refractivity contribution < 1.29 is 9.90 Å².